The van der Waals surface area contributed by atoms with Crippen LogP contribution in [0.5, 0.6) is 0 Å². The number of sulfonamides is 1. The van der Waals surface area contributed by atoms with Gasteiger partial charge in [-0.3, -0.25) is 0 Å². The lowest BCUT2D eigenvalue weighted by Gasteiger charge is -2.07. The first-order valence-corrected chi connectivity index (χ1v) is 7.65. The molecule has 0 radical (unpaired) electrons. The molecular weight excluding hydrogens is 283 g/mol. The molecule has 8 heteroatoms. The fourth-order valence-electron chi connectivity index (χ4n) is 1.89. The lowest BCUT2D eigenvalue weighted by molar-refractivity contribution is 0.550. The first-order valence-electron chi connectivity index (χ1n) is 6.11. The van der Waals surface area contributed by atoms with Crippen LogP contribution >= 0.6 is 0 Å². The van der Waals surface area contributed by atoms with Crippen LogP contribution in [0.2, 0.25) is 0 Å². The molecule has 20 heavy (non-hydrogen) atoms. The van der Waals surface area contributed by atoms with Crippen molar-refractivity contribution in [3.63, 3.8) is 0 Å². The van der Waals surface area contributed by atoms with Gasteiger partial charge in [-0.25, -0.2) is 17.9 Å². The molecule has 0 bridgehead atoms. The highest BCUT2D eigenvalue weighted by Gasteiger charge is 2.20. The highest BCUT2D eigenvalue weighted by Crippen LogP contribution is 2.13. The Bertz CT molecular complexity index is 695. The van der Waals surface area contributed by atoms with Gasteiger partial charge in [0.2, 0.25) is 0 Å². The van der Waals surface area contributed by atoms with E-state index in [1.54, 1.807) is 12.1 Å². The maximum Gasteiger partial charge on any atom is 0.273 e. The molecule has 2 rings (SSSR count). The summed E-state index contributed by atoms with van der Waals surface area (Å²) in [4.78, 5) is 0. The normalized spacial score (nSPS) is 11.8. The summed E-state index contributed by atoms with van der Waals surface area (Å²) < 4.78 is 37.2. The van der Waals surface area contributed by atoms with Gasteiger partial charge in [-0.1, -0.05) is 19.1 Å². The number of aromatic nitrogens is 3. The summed E-state index contributed by atoms with van der Waals surface area (Å²) in [5.41, 5.74) is 0.817. The van der Waals surface area contributed by atoms with Gasteiger partial charge in [-0.2, -0.15) is 0 Å². The van der Waals surface area contributed by atoms with Gasteiger partial charge < -0.3 is 4.57 Å². The molecule has 0 unspecified atom stereocenters. The lowest BCUT2D eigenvalue weighted by atomic mass is 10.1. The van der Waals surface area contributed by atoms with E-state index in [-0.39, 0.29) is 11.0 Å². The second-order valence-corrected chi connectivity index (χ2v) is 5.85. The standard InChI is InChI=1S/C12H15FN4O2S/c1-2-7-17-11(15-16-12(17)20(14,18)19)8-9-3-5-10(13)6-4-9/h3-6H,2,7-8H2,1H3,(H2,14,18,19). The van der Waals surface area contributed by atoms with Gasteiger partial charge in [0, 0.05) is 13.0 Å². The van der Waals surface area contributed by atoms with Crippen LogP contribution in [0.15, 0.2) is 29.4 Å². The molecular formula is C12H15FN4O2S. The average Bonchev–Trinajstić information content (AvgIpc) is 2.76. The number of halogens is 1. The highest BCUT2D eigenvalue weighted by atomic mass is 32.2. The Balaban J connectivity index is 2.37. The molecule has 6 nitrogen and oxygen atoms in total. The fraction of sp³-hybridized carbons (Fsp3) is 0.333. The van der Waals surface area contributed by atoms with Crippen molar-refractivity contribution in [2.75, 3.05) is 0 Å². The van der Waals surface area contributed by atoms with Crippen LogP contribution in [-0.4, -0.2) is 23.2 Å². The van der Waals surface area contributed by atoms with Crippen molar-refractivity contribution in [2.45, 2.75) is 31.5 Å². The molecule has 0 aliphatic carbocycles. The number of rotatable bonds is 5. The minimum Gasteiger partial charge on any atom is -0.300 e. The van der Waals surface area contributed by atoms with Crippen LogP contribution in [0.1, 0.15) is 24.7 Å². The number of hydrogen-bond acceptors (Lipinski definition) is 4. The zero-order chi connectivity index (χ0) is 14.8. The number of primary sulfonamides is 1. The maximum absolute atomic E-state index is 12.9. The van der Waals surface area contributed by atoms with Crippen molar-refractivity contribution >= 4 is 10.0 Å². The second-order valence-electron chi connectivity index (χ2n) is 4.40. The Morgan fingerprint density at radius 1 is 1.25 bits per heavy atom. The van der Waals surface area contributed by atoms with Crippen LogP contribution in [0.3, 0.4) is 0 Å². The van der Waals surface area contributed by atoms with Gasteiger partial charge in [-0.05, 0) is 24.1 Å². The molecule has 1 heterocycles. The van der Waals surface area contributed by atoms with Crippen molar-refractivity contribution in [2.24, 2.45) is 5.14 Å². The molecule has 0 atom stereocenters. The maximum atomic E-state index is 12.9. The molecule has 0 saturated heterocycles. The largest absolute Gasteiger partial charge is 0.300 e. The van der Waals surface area contributed by atoms with Crippen LogP contribution < -0.4 is 5.14 Å². The molecule has 0 fully saturated rings. The van der Waals surface area contributed by atoms with E-state index in [9.17, 15) is 12.8 Å². The second kappa shape index (κ2) is 5.68. The third-order valence-corrected chi connectivity index (χ3v) is 3.58. The number of benzene rings is 1. The van der Waals surface area contributed by atoms with Gasteiger partial charge in [0.05, 0.1) is 0 Å². The van der Waals surface area contributed by atoms with E-state index >= 15 is 0 Å². The zero-order valence-electron chi connectivity index (χ0n) is 11.0. The molecule has 2 aromatic rings. The number of nitrogens with two attached hydrogens (primary N) is 1. The Labute approximate surface area is 116 Å². The van der Waals surface area contributed by atoms with Crippen LogP contribution in [0, 0.1) is 5.82 Å². The smallest absolute Gasteiger partial charge is 0.273 e. The van der Waals surface area contributed by atoms with E-state index in [1.807, 2.05) is 6.92 Å². The predicted molar refractivity (Wildman–Crippen MR) is 70.9 cm³/mol. The summed E-state index contributed by atoms with van der Waals surface area (Å²) in [7, 11) is -3.90. The Hall–Kier alpha value is -1.80. The number of hydrogen-bond donors (Lipinski definition) is 1. The van der Waals surface area contributed by atoms with E-state index in [2.05, 4.69) is 10.2 Å². The summed E-state index contributed by atoms with van der Waals surface area (Å²) in [6, 6.07) is 5.93. The quantitative estimate of drug-likeness (QED) is 0.893. The molecule has 1 aromatic carbocycles. The fourth-order valence-corrected chi connectivity index (χ4v) is 2.55. The Morgan fingerprint density at radius 2 is 1.90 bits per heavy atom. The zero-order valence-corrected chi connectivity index (χ0v) is 11.8. The molecule has 0 spiro atoms. The summed E-state index contributed by atoms with van der Waals surface area (Å²) >= 11 is 0. The van der Waals surface area contributed by atoms with E-state index in [4.69, 9.17) is 5.14 Å². The van der Waals surface area contributed by atoms with E-state index in [1.165, 1.54) is 16.7 Å². The van der Waals surface area contributed by atoms with E-state index in [0.717, 1.165) is 12.0 Å². The molecule has 0 aliphatic rings. The van der Waals surface area contributed by atoms with Crippen molar-refractivity contribution in [1.82, 2.24) is 14.8 Å². The Morgan fingerprint density at radius 3 is 2.45 bits per heavy atom. The Kier molecular flexibility index (Phi) is 4.15. The highest BCUT2D eigenvalue weighted by molar-refractivity contribution is 7.89. The molecule has 0 aliphatic heterocycles. The summed E-state index contributed by atoms with van der Waals surface area (Å²) in [5.74, 6) is 0.163. The van der Waals surface area contributed by atoms with Crippen LogP contribution in [0.25, 0.3) is 0 Å². The molecule has 2 N–H and O–H groups in total. The number of nitrogens with zero attached hydrogens (tertiary/aromatic N) is 3. The van der Waals surface area contributed by atoms with Crippen molar-refractivity contribution in [3.8, 4) is 0 Å². The van der Waals surface area contributed by atoms with Gasteiger partial charge in [0.15, 0.2) is 0 Å². The summed E-state index contributed by atoms with van der Waals surface area (Å²) in [6.45, 7) is 2.36. The molecule has 108 valence electrons. The average molecular weight is 298 g/mol. The van der Waals surface area contributed by atoms with E-state index in [0.29, 0.717) is 18.8 Å². The predicted octanol–water partition coefficient (Wildman–Crippen LogP) is 1.07. The lowest BCUT2D eigenvalue weighted by Crippen LogP contribution is -2.19. The molecule has 1 aromatic heterocycles. The van der Waals surface area contributed by atoms with Gasteiger partial charge >= 0.3 is 0 Å². The van der Waals surface area contributed by atoms with Gasteiger partial charge in [0.25, 0.3) is 15.2 Å². The molecule has 0 amide bonds. The third kappa shape index (κ3) is 3.20. The van der Waals surface area contributed by atoms with E-state index < -0.39 is 10.0 Å². The third-order valence-electron chi connectivity index (χ3n) is 2.77. The van der Waals surface area contributed by atoms with Crippen molar-refractivity contribution in [1.29, 1.82) is 0 Å². The minimum atomic E-state index is -3.90. The summed E-state index contributed by atoms with van der Waals surface area (Å²) in [5, 5.41) is 12.4. The SMILES string of the molecule is CCCn1c(Cc2ccc(F)cc2)nnc1S(N)(=O)=O. The first-order chi connectivity index (χ1) is 9.41. The van der Waals surface area contributed by atoms with Crippen molar-refractivity contribution < 1.29 is 12.8 Å². The van der Waals surface area contributed by atoms with Gasteiger partial charge in [-0.15, -0.1) is 10.2 Å². The monoisotopic (exact) mass is 298 g/mol. The molecule has 0 saturated carbocycles. The minimum absolute atomic E-state index is 0.239. The van der Waals surface area contributed by atoms with Crippen LogP contribution in [0.4, 0.5) is 4.39 Å². The van der Waals surface area contributed by atoms with Crippen LogP contribution in [-0.2, 0) is 23.0 Å². The summed E-state index contributed by atoms with van der Waals surface area (Å²) in [6.07, 6.45) is 1.08. The first kappa shape index (κ1) is 14.6. The topological polar surface area (TPSA) is 90.9 Å². The van der Waals surface area contributed by atoms with Crippen molar-refractivity contribution in [3.05, 3.63) is 41.5 Å². The van der Waals surface area contributed by atoms with Gasteiger partial charge in [0.1, 0.15) is 11.6 Å².